The summed E-state index contributed by atoms with van der Waals surface area (Å²) in [6.45, 7) is 21.6. The van der Waals surface area contributed by atoms with E-state index in [2.05, 4.69) is 67.3 Å². The maximum Gasteiger partial charge on any atom is 0.308 e. The monoisotopic (exact) mass is 554 g/mol. The Morgan fingerprint density at radius 1 is 1.16 bits per heavy atom. The third-order valence-corrected chi connectivity index (χ3v) is 12.6. The molecule has 0 amide bonds. The van der Waals surface area contributed by atoms with Crippen molar-refractivity contribution in [2.24, 2.45) is 11.8 Å². The Balaban J connectivity index is 2.90. The number of carbonyl (C=O) groups excluding carboxylic acids is 1. The molecule has 1 heterocycles. The second kappa shape index (κ2) is 17.0. The van der Waals surface area contributed by atoms with Crippen LogP contribution in [0, 0.1) is 11.8 Å². The zero-order chi connectivity index (χ0) is 28.9. The van der Waals surface area contributed by atoms with Crippen LogP contribution in [-0.2, 0) is 23.4 Å². The van der Waals surface area contributed by atoms with Crippen LogP contribution in [0.4, 0.5) is 0 Å². The van der Waals surface area contributed by atoms with Crippen molar-refractivity contribution in [3.63, 3.8) is 0 Å². The molecule has 0 spiro atoms. The lowest BCUT2D eigenvalue weighted by Crippen LogP contribution is -2.44. The molecule has 222 valence electrons. The van der Waals surface area contributed by atoms with Gasteiger partial charge in [0.25, 0.3) is 0 Å². The molecule has 1 saturated heterocycles. The number of aliphatic hydroxyl groups is 1. The SMILES string of the molecule is C=CC[C@H](CC(=O)O[C@@H](/C=C/CC(C)C)C[C@@H]1CC[C@H](C)[C@@H](C[C@H](CCO)OC)O1)O[Si](C)(C)C(C)(C)C. The van der Waals surface area contributed by atoms with Gasteiger partial charge in [-0.1, -0.05) is 53.7 Å². The van der Waals surface area contributed by atoms with Crippen LogP contribution >= 0.6 is 0 Å². The topological polar surface area (TPSA) is 74.2 Å². The Morgan fingerprint density at radius 2 is 1.84 bits per heavy atom. The summed E-state index contributed by atoms with van der Waals surface area (Å²) in [5.74, 6) is 0.719. The van der Waals surface area contributed by atoms with Gasteiger partial charge in [-0.15, -0.1) is 6.58 Å². The third-order valence-electron chi connectivity index (χ3n) is 8.05. The van der Waals surface area contributed by atoms with E-state index in [1.165, 1.54) is 0 Å². The molecule has 1 N–H and O–H groups in total. The average molecular weight is 555 g/mol. The highest BCUT2D eigenvalue weighted by atomic mass is 28.4. The maximum atomic E-state index is 13.1. The first-order valence-electron chi connectivity index (χ1n) is 14.7. The maximum absolute atomic E-state index is 13.1. The summed E-state index contributed by atoms with van der Waals surface area (Å²) in [5, 5.41) is 9.41. The van der Waals surface area contributed by atoms with E-state index in [-0.39, 0.29) is 54.6 Å². The van der Waals surface area contributed by atoms with Crippen LogP contribution < -0.4 is 0 Å². The van der Waals surface area contributed by atoms with Gasteiger partial charge in [0.2, 0.25) is 0 Å². The van der Waals surface area contributed by atoms with Crippen molar-refractivity contribution in [2.45, 2.75) is 142 Å². The van der Waals surface area contributed by atoms with Crippen LogP contribution in [0.2, 0.25) is 18.1 Å². The van der Waals surface area contributed by atoms with Crippen LogP contribution in [0.1, 0.15) is 92.9 Å². The Kier molecular flexibility index (Phi) is 15.6. The van der Waals surface area contributed by atoms with Gasteiger partial charge in [0.1, 0.15) is 6.10 Å². The number of methoxy groups -OCH3 is 1. The lowest BCUT2D eigenvalue weighted by atomic mass is 9.88. The van der Waals surface area contributed by atoms with Crippen molar-refractivity contribution >= 4 is 14.3 Å². The van der Waals surface area contributed by atoms with E-state index < -0.39 is 8.32 Å². The fourth-order valence-electron chi connectivity index (χ4n) is 4.56. The lowest BCUT2D eigenvalue weighted by Gasteiger charge is -2.39. The first-order valence-corrected chi connectivity index (χ1v) is 17.6. The third kappa shape index (κ3) is 12.9. The molecule has 38 heavy (non-hydrogen) atoms. The van der Waals surface area contributed by atoms with Crippen molar-refractivity contribution in [3.05, 3.63) is 24.8 Å². The van der Waals surface area contributed by atoms with Crippen molar-refractivity contribution in [1.29, 1.82) is 0 Å². The summed E-state index contributed by atoms with van der Waals surface area (Å²) >= 11 is 0. The molecule has 0 bridgehead atoms. The van der Waals surface area contributed by atoms with Gasteiger partial charge in [-0.05, 0) is 68.1 Å². The molecule has 0 radical (unpaired) electrons. The molecular formula is C31H58O6Si. The molecule has 0 saturated carbocycles. The number of carbonyl (C=O) groups is 1. The van der Waals surface area contributed by atoms with E-state index in [4.69, 9.17) is 18.6 Å². The standard InChI is InChI=1S/C31H58O6Si/c1-11-13-28(37-38(9,10)31(5,6)7)22-30(33)36-26(15-12-14-23(2)3)20-27-17-16-24(4)29(35-27)21-25(34-8)18-19-32/h11-12,15,23-29,32H,1,13-14,16-22H2,2-10H3/b15-12+/t24-,25-,26-,27-,28+,29+/m0/s1. The molecule has 1 fully saturated rings. The normalized spacial score (nSPS) is 23.4. The molecule has 1 aliphatic heterocycles. The van der Waals surface area contributed by atoms with Gasteiger partial charge in [-0.25, -0.2) is 0 Å². The lowest BCUT2D eigenvalue weighted by molar-refractivity contribution is -0.153. The molecule has 0 aromatic carbocycles. The number of esters is 1. The molecule has 0 aromatic rings. The van der Waals surface area contributed by atoms with E-state index in [0.717, 1.165) is 25.7 Å². The largest absolute Gasteiger partial charge is 0.458 e. The van der Waals surface area contributed by atoms with Crippen LogP contribution in [-0.4, -0.2) is 63.6 Å². The van der Waals surface area contributed by atoms with Gasteiger partial charge in [-0.3, -0.25) is 4.79 Å². The molecule has 7 heteroatoms. The Bertz CT molecular complexity index is 714. The highest BCUT2D eigenvalue weighted by molar-refractivity contribution is 6.74. The zero-order valence-electron chi connectivity index (χ0n) is 25.8. The summed E-state index contributed by atoms with van der Waals surface area (Å²) in [4.78, 5) is 13.1. The molecule has 0 aromatic heterocycles. The van der Waals surface area contributed by atoms with Gasteiger partial charge in [0.05, 0.1) is 30.8 Å². The second-order valence-electron chi connectivity index (χ2n) is 13.0. The van der Waals surface area contributed by atoms with E-state index in [0.29, 0.717) is 31.1 Å². The summed E-state index contributed by atoms with van der Waals surface area (Å²) in [7, 11) is -0.344. The second-order valence-corrected chi connectivity index (χ2v) is 17.8. The summed E-state index contributed by atoms with van der Waals surface area (Å²) in [5.41, 5.74) is 0. The Hall–Kier alpha value is -0.993. The number of ether oxygens (including phenoxy) is 3. The quantitative estimate of drug-likeness (QED) is 0.116. The fourth-order valence-corrected chi connectivity index (χ4v) is 5.93. The number of rotatable bonds is 17. The number of allylic oxidation sites excluding steroid dienone is 1. The van der Waals surface area contributed by atoms with Crippen molar-refractivity contribution in [3.8, 4) is 0 Å². The first-order chi connectivity index (χ1) is 17.7. The van der Waals surface area contributed by atoms with Gasteiger partial charge in [-0.2, -0.15) is 0 Å². The molecule has 0 aliphatic carbocycles. The zero-order valence-corrected chi connectivity index (χ0v) is 26.8. The molecule has 0 unspecified atom stereocenters. The Labute approximate surface area is 234 Å². The highest BCUT2D eigenvalue weighted by Crippen LogP contribution is 2.38. The minimum atomic E-state index is -2.03. The summed E-state index contributed by atoms with van der Waals surface area (Å²) in [6.07, 6.45) is 11.3. The van der Waals surface area contributed by atoms with Crippen molar-refractivity contribution in [1.82, 2.24) is 0 Å². The number of hydrogen-bond donors (Lipinski definition) is 1. The van der Waals surface area contributed by atoms with Crippen LogP contribution in [0.25, 0.3) is 0 Å². The van der Waals surface area contributed by atoms with E-state index >= 15 is 0 Å². The summed E-state index contributed by atoms with van der Waals surface area (Å²) < 4.78 is 24.7. The number of hydrogen-bond acceptors (Lipinski definition) is 6. The molecular weight excluding hydrogens is 496 g/mol. The smallest absolute Gasteiger partial charge is 0.308 e. The average Bonchev–Trinajstić information content (AvgIpc) is 2.79. The van der Waals surface area contributed by atoms with Gasteiger partial charge >= 0.3 is 5.97 Å². The summed E-state index contributed by atoms with van der Waals surface area (Å²) in [6, 6.07) is 0. The van der Waals surface area contributed by atoms with Crippen molar-refractivity contribution < 1.29 is 28.5 Å². The van der Waals surface area contributed by atoms with Crippen LogP contribution in [0.15, 0.2) is 24.8 Å². The predicted molar refractivity (Wildman–Crippen MR) is 159 cm³/mol. The van der Waals surface area contributed by atoms with Crippen LogP contribution in [0.5, 0.6) is 0 Å². The van der Waals surface area contributed by atoms with Crippen molar-refractivity contribution in [2.75, 3.05) is 13.7 Å². The molecule has 1 rings (SSSR count). The molecule has 6 nitrogen and oxygen atoms in total. The Morgan fingerprint density at radius 3 is 2.39 bits per heavy atom. The predicted octanol–water partition coefficient (Wildman–Crippen LogP) is 7.22. The van der Waals surface area contributed by atoms with Gasteiger partial charge < -0.3 is 23.7 Å². The first kappa shape index (κ1) is 35.0. The minimum Gasteiger partial charge on any atom is -0.458 e. The highest BCUT2D eigenvalue weighted by Gasteiger charge is 2.39. The van der Waals surface area contributed by atoms with Gasteiger partial charge in [0.15, 0.2) is 8.32 Å². The fraction of sp³-hybridized carbons (Fsp3) is 0.839. The van der Waals surface area contributed by atoms with E-state index in [1.54, 1.807) is 7.11 Å². The molecule has 6 atom stereocenters. The minimum absolute atomic E-state index is 0.0109. The van der Waals surface area contributed by atoms with Gasteiger partial charge in [0, 0.05) is 26.6 Å². The number of aliphatic hydroxyl groups excluding tert-OH is 1. The molecule has 1 aliphatic rings. The van der Waals surface area contributed by atoms with Crippen LogP contribution in [0.3, 0.4) is 0 Å². The van der Waals surface area contributed by atoms with E-state index in [1.807, 2.05) is 12.2 Å². The van der Waals surface area contributed by atoms with E-state index in [9.17, 15) is 9.90 Å².